The predicted octanol–water partition coefficient (Wildman–Crippen LogP) is 1.98. The molecule has 0 saturated heterocycles. The van der Waals surface area contributed by atoms with Crippen molar-refractivity contribution in [1.29, 1.82) is 0 Å². The lowest BCUT2D eigenvalue weighted by Crippen LogP contribution is -2.27. The normalized spacial score (nSPS) is 10.9. The molecule has 4 nitrogen and oxygen atoms in total. The smallest absolute Gasteiger partial charge is 0.490 e. The molecule has 0 saturated carbocycles. The van der Waals surface area contributed by atoms with E-state index >= 15 is 0 Å². The lowest BCUT2D eigenvalue weighted by Gasteiger charge is -2.08. The second-order valence-electron chi connectivity index (χ2n) is 3.20. The lowest BCUT2D eigenvalue weighted by molar-refractivity contribution is -0.198. The number of ether oxygens (including phenoxy) is 2. The van der Waals surface area contributed by atoms with Crippen LogP contribution in [-0.2, 0) is 9.53 Å². The summed E-state index contributed by atoms with van der Waals surface area (Å²) >= 11 is 0. The molecule has 0 fully saturated rings. The molecule has 1 aromatic rings. The topological polar surface area (TPSA) is 52.6 Å². The summed E-state index contributed by atoms with van der Waals surface area (Å²) in [6.07, 6.45) is -5.11. The highest BCUT2D eigenvalue weighted by Gasteiger charge is 2.41. The minimum atomic E-state index is -5.11. The number of alkyl halides is 3. The van der Waals surface area contributed by atoms with Crippen molar-refractivity contribution in [3.05, 3.63) is 29.8 Å². The van der Waals surface area contributed by atoms with Gasteiger partial charge in [0.1, 0.15) is 5.75 Å². The highest BCUT2D eigenvalue weighted by atomic mass is 19.4. The first kappa shape index (κ1) is 14.0. The van der Waals surface area contributed by atoms with E-state index < -0.39 is 24.5 Å². The number of halogens is 3. The molecule has 0 aliphatic rings. The van der Waals surface area contributed by atoms with E-state index in [1.807, 2.05) is 0 Å². The van der Waals surface area contributed by atoms with E-state index in [4.69, 9.17) is 4.74 Å². The molecule has 0 N–H and O–H groups in total. The average molecular weight is 262 g/mol. The zero-order valence-corrected chi connectivity index (χ0v) is 9.28. The fourth-order valence-corrected chi connectivity index (χ4v) is 1.17. The average Bonchev–Trinajstić information content (AvgIpc) is 2.34. The zero-order chi connectivity index (χ0) is 13.8. The second-order valence-corrected chi connectivity index (χ2v) is 3.20. The number of carbonyl (C=O) groups is 2. The minimum absolute atomic E-state index is 0.0509. The molecule has 7 heteroatoms. The fourth-order valence-electron chi connectivity index (χ4n) is 1.17. The summed E-state index contributed by atoms with van der Waals surface area (Å²) in [5, 5.41) is 0. The Morgan fingerprint density at radius 3 is 2.39 bits per heavy atom. The minimum Gasteiger partial charge on any atom is -0.496 e. The SMILES string of the molecule is COc1ccccc1C(=O)COC(=O)C(F)(F)F. The number of rotatable bonds is 4. The van der Waals surface area contributed by atoms with Crippen LogP contribution in [0.4, 0.5) is 13.2 Å². The van der Waals surface area contributed by atoms with Gasteiger partial charge in [-0.05, 0) is 12.1 Å². The van der Waals surface area contributed by atoms with Gasteiger partial charge < -0.3 is 9.47 Å². The molecule has 0 aliphatic heterocycles. The van der Waals surface area contributed by atoms with Crippen molar-refractivity contribution in [2.24, 2.45) is 0 Å². The molecule has 18 heavy (non-hydrogen) atoms. The van der Waals surface area contributed by atoms with Crippen LogP contribution in [0.15, 0.2) is 24.3 Å². The van der Waals surface area contributed by atoms with Crippen molar-refractivity contribution < 1.29 is 32.2 Å². The van der Waals surface area contributed by atoms with Crippen LogP contribution in [0.3, 0.4) is 0 Å². The van der Waals surface area contributed by atoms with Gasteiger partial charge in [-0.25, -0.2) is 4.79 Å². The van der Waals surface area contributed by atoms with Crippen LogP contribution in [0.2, 0.25) is 0 Å². The summed E-state index contributed by atoms with van der Waals surface area (Å²) in [4.78, 5) is 22.0. The van der Waals surface area contributed by atoms with E-state index in [9.17, 15) is 22.8 Å². The van der Waals surface area contributed by atoms with Crippen LogP contribution < -0.4 is 4.74 Å². The molecule has 1 aromatic carbocycles. The van der Waals surface area contributed by atoms with Crippen LogP contribution in [-0.4, -0.2) is 31.6 Å². The number of carbonyl (C=O) groups excluding carboxylic acids is 2. The van der Waals surface area contributed by atoms with Crippen molar-refractivity contribution in [3.8, 4) is 5.75 Å². The Balaban J connectivity index is 2.69. The molecule has 0 bridgehead atoms. The summed E-state index contributed by atoms with van der Waals surface area (Å²) < 4.78 is 44.2. The molecule has 0 spiro atoms. The maximum Gasteiger partial charge on any atom is 0.490 e. The van der Waals surface area contributed by atoms with Crippen molar-refractivity contribution >= 4 is 11.8 Å². The molecule has 1 rings (SSSR count). The Morgan fingerprint density at radius 1 is 1.22 bits per heavy atom. The standard InChI is InChI=1S/C11H9F3O4/c1-17-9-5-3-2-4-7(9)8(15)6-18-10(16)11(12,13)14/h2-5H,6H2,1H3. The lowest BCUT2D eigenvalue weighted by atomic mass is 10.1. The van der Waals surface area contributed by atoms with Crippen molar-refractivity contribution in [2.75, 3.05) is 13.7 Å². The molecule has 0 amide bonds. The first-order chi connectivity index (χ1) is 8.36. The van der Waals surface area contributed by atoms with Gasteiger partial charge in [0.05, 0.1) is 12.7 Å². The Bertz CT molecular complexity index is 454. The van der Waals surface area contributed by atoms with Crippen LogP contribution in [0.1, 0.15) is 10.4 Å². The number of benzene rings is 1. The van der Waals surface area contributed by atoms with Gasteiger partial charge >= 0.3 is 12.1 Å². The van der Waals surface area contributed by atoms with Crippen molar-refractivity contribution in [3.63, 3.8) is 0 Å². The maximum absolute atomic E-state index is 11.8. The molecule has 0 aliphatic carbocycles. The highest BCUT2D eigenvalue weighted by Crippen LogP contribution is 2.19. The van der Waals surface area contributed by atoms with E-state index in [2.05, 4.69) is 4.74 Å². The summed E-state index contributed by atoms with van der Waals surface area (Å²) in [6, 6.07) is 5.94. The summed E-state index contributed by atoms with van der Waals surface area (Å²) in [7, 11) is 1.31. The molecule has 0 atom stereocenters. The van der Waals surface area contributed by atoms with Gasteiger partial charge in [-0.15, -0.1) is 0 Å². The number of hydrogen-bond donors (Lipinski definition) is 0. The van der Waals surface area contributed by atoms with E-state index in [0.29, 0.717) is 0 Å². The largest absolute Gasteiger partial charge is 0.496 e. The quantitative estimate of drug-likeness (QED) is 0.615. The molecular weight excluding hydrogens is 253 g/mol. The monoisotopic (exact) mass is 262 g/mol. The van der Waals surface area contributed by atoms with Gasteiger partial charge in [0.25, 0.3) is 0 Å². The molecule has 0 radical (unpaired) electrons. The molecule has 98 valence electrons. The first-order valence-electron chi connectivity index (χ1n) is 4.76. The Morgan fingerprint density at radius 2 is 1.83 bits per heavy atom. The van der Waals surface area contributed by atoms with Crippen LogP contribution in [0, 0.1) is 0 Å². The van der Waals surface area contributed by atoms with Crippen molar-refractivity contribution in [1.82, 2.24) is 0 Å². The maximum atomic E-state index is 11.8. The fraction of sp³-hybridized carbons (Fsp3) is 0.273. The summed E-state index contributed by atoms with van der Waals surface area (Å²) in [6.45, 7) is -0.987. The van der Waals surface area contributed by atoms with Gasteiger partial charge in [-0.3, -0.25) is 4.79 Å². The number of para-hydroxylation sites is 1. The predicted molar refractivity (Wildman–Crippen MR) is 54.3 cm³/mol. The summed E-state index contributed by atoms with van der Waals surface area (Å²) in [5.41, 5.74) is 0.0509. The van der Waals surface area contributed by atoms with Crippen molar-refractivity contribution in [2.45, 2.75) is 6.18 Å². The van der Waals surface area contributed by atoms with E-state index in [1.54, 1.807) is 6.07 Å². The first-order valence-corrected chi connectivity index (χ1v) is 4.76. The zero-order valence-electron chi connectivity index (χ0n) is 9.28. The van der Waals surface area contributed by atoms with Crippen LogP contribution in [0.25, 0.3) is 0 Å². The number of Topliss-reactive ketones (excluding diaryl/α,β-unsaturated/α-hetero) is 1. The highest BCUT2D eigenvalue weighted by molar-refractivity contribution is 6.00. The van der Waals surface area contributed by atoms with E-state index in [1.165, 1.54) is 25.3 Å². The Kier molecular flexibility index (Phi) is 4.30. The molecule has 0 aromatic heterocycles. The third-order valence-corrected chi connectivity index (χ3v) is 1.97. The van der Waals surface area contributed by atoms with E-state index in [0.717, 1.165) is 0 Å². The third kappa shape index (κ3) is 3.47. The van der Waals surface area contributed by atoms with Gasteiger partial charge in [-0.2, -0.15) is 13.2 Å². The van der Waals surface area contributed by atoms with E-state index in [-0.39, 0.29) is 11.3 Å². The number of hydrogen-bond acceptors (Lipinski definition) is 4. The third-order valence-electron chi connectivity index (χ3n) is 1.97. The molecule has 0 unspecified atom stereocenters. The second kappa shape index (κ2) is 5.52. The van der Waals surface area contributed by atoms with Gasteiger partial charge in [0.15, 0.2) is 6.61 Å². The summed E-state index contributed by atoms with van der Waals surface area (Å²) in [5.74, 6) is -2.97. The molecule has 0 heterocycles. The Labute approximate surface area is 100 Å². The Hall–Kier alpha value is -2.05. The number of esters is 1. The number of ketones is 1. The molecular formula is C11H9F3O4. The van der Waals surface area contributed by atoms with Gasteiger partial charge in [0, 0.05) is 0 Å². The van der Waals surface area contributed by atoms with Gasteiger partial charge in [-0.1, -0.05) is 12.1 Å². The number of methoxy groups -OCH3 is 1. The van der Waals surface area contributed by atoms with Crippen LogP contribution >= 0.6 is 0 Å². The van der Waals surface area contributed by atoms with Crippen LogP contribution in [0.5, 0.6) is 5.75 Å². The van der Waals surface area contributed by atoms with Gasteiger partial charge in [0.2, 0.25) is 5.78 Å².